The molecular formula is C3H6ClN2O. The zero-order chi connectivity index (χ0) is 5.70. The van der Waals surface area contributed by atoms with Crippen molar-refractivity contribution in [1.29, 1.82) is 0 Å². The van der Waals surface area contributed by atoms with Crippen molar-refractivity contribution in [3.8, 4) is 0 Å². The van der Waals surface area contributed by atoms with Gasteiger partial charge in [-0.05, 0) is 0 Å². The molecule has 0 aromatic heterocycles. The van der Waals surface area contributed by atoms with Crippen LogP contribution in [0.4, 0.5) is 0 Å². The maximum Gasteiger partial charge on any atom is 0.327 e. The van der Waals surface area contributed by atoms with E-state index in [4.69, 9.17) is 17.4 Å². The Morgan fingerprint density at radius 1 is 1.86 bits per heavy atom. The van der Waals surface area contributed by atoms with E-state index in [0.29, 0.717) is 12.4 Å². The first-order valence-corrected chi connectivity index (χ1v) is 2.30. The molecule has 0 unspecified atom stereocenters. The van der Waals surface area contributed by atoms with Crippen LogP contribution < -0.4 is 5.84 Å². The lowest BCUT2D eigenvalue weighted by Gasteiger charge is -2.02. The van der Waals surface area contributed by atoms with Crippen molar-refractivity contribution >= 4 is 18.0 Å². The Balaban J connectivity index is 2.98. The standard InChI is InChI=1S/C3H6ClN2O/c4-1-2-6(5)3-7/h1-2,5H2. The van der Waals surface area contributed by atoms with Crippen LogP contribution >= 0.6 is 11.6 Å². The van der Waals surface area contributed by atoms with Crippen LogP contribution in [-0.4, -0.2) is 23.8 Å². The first-order chi connectivity index (χ1) is 3.31. The molecule has 0 aliphatic heterocycles. The number of halogens is 1. The normalized spacial score (nSPS) is 8.29. The zero-order valence-corrected chi connectivity index (χ0v) is 4.48. The molecule has 0 saturated carbocycles. The minimum atomic E-state index is 0.352. The van der Waals surface area contributed by atoms with E-state index in [1.165, 1.54) is 6.41 Å². The summed E-state index contributed by atoms with van der Waals surface area (Å²) in [5.74, 6) is 5.26. The molecule has 0 heterocycles. The summed E-state index contributed by atoms with van der Waals surface area (Å²) in [5, 5.41) is 0.868. The Labute approximate surface area is 47.0 Å². The van der Waals surface area contributed by atoms with Gasteiger partial charge in [0.1, 0.15) is 0 Å². The van der Waals surface area contributed by atoms with Gasteiger partial charge in [-0.1, -0.05) is 0 Å². The summed E-state index contributed by atoms with van der Waals surface area (Å²) in [6, 6.07) is 0. The van der Waals surface area contributed by atoms with Gasteiger partial charge in [-0.2, -0.15) is 0 Å². The van der Waals surface area contributed by atoms with Gasteiger partial charge < -0.3 is 0 Å². The molecular weight excluding hydrogens is 115 g/mol. The maximum absolute atomic E-state index is 9.51. The molecule has 7 heavy (non-hydrogen) atoms. The summed E-state index contributed by atoms with van der Waals surface area (Å²) < 4.78 is 0. The Morgan fingerprint density at radius 3 is 2.57 bits per heavy atom. The number of amides is 1. The van der Waals surface area contributed by atoms with Gasteiger partial charge in [0.25, 0.3) is 0 Å². The van der Waals surface area contributed by atoms with Gasteiger partial charge in [0.15, 0.2) is 0 Å². The SMILES string of the molecule is NN([C]=O)CCCl. The highest BCUT2D eigenvalue weighted by Gasteiger charge is 1.88. The second-order valence-electron chi connectivity index (χ2n) is 0.974. The Morgan fingerprint density at radius 2 is 2.43 bits per heavy atom. The molecule has 3 nitrogen and oxygen atoms in total. The van der Waals surface area contributed by atoms with Crippen molar-refractivity contribution < 1.29 is 4.79 Å². The van der Waals surface area contributed by atoms with Gasteiger partial charge in [0, 0.05) is 5.88 Å². The van der Waals surface area contributed by atoms with E-state index < -0.39 is 0 Å². The highest BCUT2D eigenvalue weighted by Crippen LogP contribution is 1.73. The van der Waals surface area contributed by atoms with Gasteiger partial charge in [0.2, 0.25) is 0 Å². The largest absolute Gasteiger partial charge is 0.327 e. The molecule has 1 radical (unpaired) electrons. The molecule has 0 saturated heterocycles. The number of hydrazine groups is 1. The van der Waals surface area contributed by atoms with Crippen LogP contribution in [0.1, 0.15) is 0 Å². The fraction of sp³-hybridized carbons (Fsp3) is 0.667. The lowest BCUT2D eigenvalue weighted by atomic mass is 10.7. The molecule has 0 aliphatic rings. The molecule has 0 fully saturated rings. The van der Waals surface area contributed by atoms with E-state index in [0.717, 1.165) is 5.01 Å². The van der Waals surface area contributed by atoms with Crippen LogP contribution in [0.3, 0.4) is 0 Å². The number of nitrogens with two attached hydrogens (primary N) is 1. The number of alkyl halides is 1. The number of hydrogen-bond donors (Lipinski definition) is 1. The van der Waals surface area contributed by atoms with Crippen LogP contribution in [0.2, 0.25) is 0 Å². The van der Waals surface area contributed by atoms with Crippen LogP contribution in [0, 0.1) is 0 Å². The third-order valence-electron chi connectivity index (χ3n) is 0.443. The summed E-state index contributed by atoms with van der Waals surface area (Å²) >= 11 is 5.17. The molecule has 0 rings (SSSR count). The highest BCUT2D eigenvalue weighted by molar-refractivity contribution is 6.18. The molecule has 41 valence electrons. The highest BCUT2D eigenvalue weighted by atomic mass is 35.5. The van der Waals surface area contributed by atoms with Crippen molar-refractivity contribution in [3.63, 3.8) is 0 Å². The summed E-state index contributed by atoms with van der Waals surface area (Å²) in [6.07, 6.45) is 1.44. The summed E-state index contributed by atoms with van der Waals surface area (Å²) in [5.41, 5.74) is 0. The fourth-order valence-corrected chi connectivity index (χ4v) is 0.319. The molecule has 2 N–H and O–H groups in total. The molecule has 1 amide bonds. The second kappa shape index (κ2) is 3.89. The van der Waals surface area contributed by atoms with Crippen molar-refractivity contribution in [2.45, 2.75) is 0 Å². The number of nitrogens with zero attached hydrogens (tertiary/aromatic N) is 1. The lowest BCUT2D eigenvalue weighted by Crippen LogP contribution is -2.30. The summed E-state index contributed by atoms with van der Waals surface area (Å²) in [6.45, 7) is 0.352. The van der Waals surface area contributed by atoms with Crippen molar-refractivity contribution in [2.24, 2.45) is 5.84 Å². The fourth-order valence-electron chi connectivity index (χ4n) is 0.137. The third-order valence-corrected chi connectivity index (χ3v) is 0.612. The van der Waals surface area contributed by atoms with Gasteiger partial charge in [-0.25, -0.2) is 5.84 Å². The van der Waals surface area contributed by atoms with E-state index in [1.807, 2.05) is 0 Å². The van der Waals surface area contributed by atoms with Crippen molar-refractivity contribution in [1.82, 2.24) is 5.01 Å². The number of carbonyl (C=O) groups excluding carboxylic acids is 1. The van der Waals surface area contributed by atoms with E-state index in [-0.39, 0.29) is 0 Å². The smallest absolute Gasteiger partial charge is 0.271 e. The quantitative estimate of drug-likeness (QED) is 0.179. The molecule has 0 aromatic rings. The predicted molar refractivity (Wildman–Crippen MR) is 27.3 cm³/mol. The average Bonchev–Trinajstić information content (AvgIpc) is 1.68. The van der Waals surface area contributed by atoms with Gasteiger partial charge >= 0.3 is 6.41 Å². The van der Waals surface area contributed by atoms with Gasteiger partial charge in [-0.3, -0.25) is 9.80 Å². The van der Waals surface area contributed by atoms with Crippen molar-refractivity contribution in [3.05, 3.63) is 0 Å². The van der Waals surface area contributed by atoms with Crippen LogP contribution in [0.25, 0.3) is 0 Å². The Bertz CT molecular complexity index is 58.9. The minimum absolute atomic E-state index is 0.352. The maximum atomic E-state index is 9.51. The van der Waals surface area contributed by atoms with Crippen LogP contribution in [0.5, 0.6) is 0 Å². The van der Waals surface area contributed by atoms with E-state index in [1.54, 1.807) is 0 Å². The molecule has 0 bridgehead atoms. The monoisotopic (exact) mass is 121 g/mol. The lowest BCUT2D eigenvalue weighted by molar-refractivity contribution is 0.410. The zero-order valence-electron chi connectivity index (χ0n) is 3.72. The van der Waals surface area contributed by atoms with E-state index in [9.17, 15) is 4.79 Å². The third kappa shape index (κ3) is 3.55. The van der Waals surface area contributed by atoms with Gasteiger partial charge in [0.05, 0.1) is 6.54 Å². The predicted octanol–water partition coefficient (Wildman–Crippen LogP) is -0.532. The van der Waals surface area contributed by atoms with E-state index >= 15 is 0 Å². The van der Waals surface area contributed by atoms with Gasteiger partial charge in [-0.15, -0.1) is 11.6 Å². The molecule has 0 aromatic carbocycles. The number of rotatable bonds is 3. The Hall–Kier alpha value is -0.280. The van der Waals surface area contributed by atoms with Crippen molar-refractivity contribution in [2.75, 3.05) is 12.4 Å². The second-order valence-corrected chi connectivity index (χ2v) is 1.35. The summed E-state index contributed by atoms with van der Waals surface area (Å²) in [4.78, 5) is 9.51. The molecule has 0 spiro atoms. The van der Waals surface area contributed by atoms with E-state index in [2.05, 4.69) is 0 Å². The molecule has 0 atom stereocenters. The topological polar surface area (TPSA) is 46.3 Å². The Kier molecular flexibility index (Phi) is 3.74. The van der Waals surface area contributed by atoms with Crippen LogP contribution in [0.15, 0.2) is 0 Å². The average molecular weight is 122 g/mol. The first-order valence-electron chi connectivity index (χ1n) is 1.77. The number of hydrogen-bond acceptors (Lipinski definition) is 2. The first kappa shape index (κ1) is 6.72. The molecule has 0 aliphatic carbocycles. The molecule has 4 heteroatoms. The van der Waals surface area contributed by atoms with Crippen LogP contribution in [-0.2, 0) is 4.79 Å². The minimum Gasteiger partial charge on any atom is -0.271 e. The summed E-state index contributed by atoms with van der Waals surface area (Å²) in [7, 11) is 0.